The third kappa shape index (κ3) is 6.68. The summed E-state index contributed by atoms with van der Waals surface area (Å²) in [6.07, 6.45) is 0.315. The molecule has 0 spiro atoms. The lowest BCUT2D eigenvalue weighted by atomic mass is 10.2. The van der Waals surface area contributed by atoms with Gasteiger partial charge in [0.05, 0.1) is 19.3 Å². The number of rotatable bonds is 6. The Bertz CT molecular complexity index is 513. The van der Waals surface area contributed by atoms with Crippen LogP contribution in [-0.4, -0.2) is 44.4 Å². The van der Waals surface area contributed by atoms with Gasteiger partial charge in [-0.2, -0.15) is 0 Å². The molecule has 1 fully saturated rings. The van der Waals surface area contributed by atoms with Crippen LogP contribution in [0.3, 0.4) is 0 Å². The van der Waals surface area contributed by atoms with Gasteiger partial charge in [0, 0.05) is 25.1 Å². The number of amides is 1. The van der Waals surface area contributed by atoms with E-state index in [4.69, 9.17) is 9.47 Å². The predicted molar refractivity (Wildman–Crippen MR) is 83.9 cm³/mol. The van der Waals surface area contributed by atoms with Crippen molar-refractivity contribution in [3.63, 3.8) is 0 Å². The highest BCUT2D eigenvalue weighted by Gasteiger charge is 2.18. The second-order valence-electron chi connectivity index (χ2n) is 5.28. The summed E-state index contributed by atoms with van der Waals surface area (Å²) in [5.41, 5.74) is 0. The number of hydrogen-bond acceptors (Lipinski definition) is 4. The van der Waals surface area contributed by atoms with Crippen molar-refractivity contribution in [2.24, 2.45) is 0 Å². The standard InChI is InChI=1S/C15H20F2N2O3.ClH/c1-10(8-22-14-3-2-11(16)6-13(14)17)19-15(20)7-12-9-21-5-4-18-12;/h2-3,6,10,12,18H,4-5,7-9H2,1H3,(H,19,20);1H. The van der Waals surface area contributed by atoms with Crippen LogP contribution in [0.25, 0.3) is 0 Å². The number of ether oxygens (including phenoxy) is 2. The van der Waals surface area contributed by atoms with E-state index < -0.39 is 11.6 Å². The molecule has 1 aromatic rings. The zero-order valence-electron chi connectivity index (χ0n) is 12.8. The summed E-state index contributed by atoms with van der Waals surface area (Å²) in [4.78, 5) is 11.9. The summed E-state index contributed by atoms with van der Waals surface area (Å²) in [7, 11) is 0. The first-order chi connectivity index (χ1) is 10.5. The quantitative estimate of drug-likeness (QED) is 0.819. The van der Waals surface area contributed by atoms with E-state index in [-0.39, 0.29) is 42.8 Å². The molecule has 1 aliphatic rings. The molecule has 2 rings (SSSR count). The van der Waals surface area contributed by atoms with Gasteiger partial charge in [0.1, 0.15) is 12.4 Å². The molecule has 1 saturated heterocycles. The summed E-state index contributed by atoms with van der Waals surface area (Å²) in [5, 5.41) is 5.96. The number of hydrogen-bond donors (Lipinski definition) is 2. The van der Waals surface area contributed by atoms with Crippen molar-refractivity contribution in [1.82, 2.24) is 10.6 Å². The first kappa shape index (κ1) is 19.6. The Hall–Kier alpha value is -1.44. The van der Waals surface area contributed by atoms with Crippen LogP contribution >= 0.6 is 12.4 Å². The molecule has 0 radical (unpaired) electrons. The second-order valence-corrected chi connectivity index (χ2v) is 5.28. The number of halogens is 3. The Kier molecular flexibility index (Phi) is 8.22. The molecular formula is C15H21ClF2N2O3. The molecule has 0 aromatic heterocycles. The van der Waals surface area contributed by atoms with Crippen LogP contribution in [0, 0.1) is 11.6 Å². The van der Waals surface area contributed by atoms with Gasteiger partial charge in [-0.15, -0.1) is 12.4 Å². The lowest BCUT2D eigenvalue weighted by Gasteiger charge is -2.24. The molecule has 1 aliphatic heterocycles. The summed E-state index contributed by atoms with van der Waals surface area (Å²) < 4.78 is 36.7. The maximum absolute atomic E-state index is 13.4. The lowest BCUT2D eigenvalue weighted by Crippen LogP contribution is -2.46. The molecule has 2 unspecified atom stereocenters. The molecule has 1 amide bonds. The van der Waals surface area contributed by atoms with Crippen LogP contribution in [0.2, 0.25) is 0 Å². The van der Waals surface area contributed by atoms with Gasteiger partial charge in [-0.25, -0.2) is 8.78 Å². The number of carbonyl (C=O) groups is 1. The Labute approximate surface area is 140 Å². The fourth-order valence-corrected chi connectivity index (χ4v) is 2.16. The van der Waals surface area contributed by atoms with Crippen LogP contribution in [0.15, 0.2) is 18.2 Å². The summed E-state index contributed by atoms with van der Waals surface area (Å²) in [6.45, 7) is 3.76. The van der Waals surface area contributed by atoms with Crippen molar-refractivity contribution in [2.45, 2.75) is 25.4 Å². The van der Waals surface area contributed by atoms with Crippen molar-refractivity contribution in [2.75, 3.05) is 26.4 Å². The van der Waals surface area contributed by atoms with E-state index >= 15 is 0 Å². The Morgan fingerprint density at radius 1 is 1.52 bits per heavy atom. The minimum Gasteiger partial charge on any atom is -0.488 e. The number of morpholine rings is 1. The van der Waals surface area contributed by atoms with Gasteiger partial charge < -0.3 is 20.1 Å². The van der Waals surface area contributed by atoms with Crippen LogP contribution < -0.4 is 15.4 Å². The molecule has 0 saturated carbocycles. The summed E-state index contributed by atoms with van der Waals surface area (Å²) in [6, 6.07) is 2.82. The van der Waals surface area contributed by atoms with Gasteiger partial charge in [0.25, 0.3) is 0 Å². The SMILES string of the molecule is CC(COc1ccc(F)cc1F)NC(=O)CC1COCCN1.Cl. The average Bonchev–Trinajstić information content (AvgIpc) is 2.47. The zero-order chi connectivity index (χ0) is 15.9. The van der Waals surface area contributed by atoms with E-state index in [1.54, 1.807) is 6.92 Å². The normalized spacial score (nSPS) is 18.7. The molecule has 2 atom stereocenters. The minimum atomic E-state index is -0.762. The molecule has 130 valence electrons. The van der Waals surface area contributed by atoms with Crippen LogP contribution in [0.1, 0.15) is 13.3 Å². The first-order valence-corrected chi connectivity index (χ1v) is 7.23. The van der Waals surface area contributed by atoms with Gasteiger partial charge in [-0.3, -0.25) is 4.79 Å². The Morgan fingerprint density at radius 2 is 2.30 bits per heavy atom. The molecule has 1 heterocycles. The smallest absolute Gasteiger partial charge is 0.221 e. The highest BCUT2D eigenvalue weighted by Crippen LogP contribution is 2.17. The fraction of sp³-hybridized carbons (Fsp3) is 0.533. The molecule has 1 aromatic carbocycles. The van der Waals surface area contributed by atoms with Gasteiger partial charge in [0.2, 0.25) is 5.91 Å². The van der Waals surface area contributed by atoms with E-state index in [2.05, 4.69) is 10.6 Å². The molecule has 0 aliphatic carbocycles. The maximum atomic E-state index is 13.4. The Balaban J connectivity index is 0.00000264. The molecule has 2 N–H and O–H groups in total. The van der Waals surface area contributed by atoms with Gasteiger partial charge >= 0.3 is 0 Å². The highest BCUT2D eigenvalue weighted by molar-refractivity contribution is 5.85. The zero-order valence-corrected chi connectivity index (χ0v) is 13.6. The van der Waals surface area contributed by atoms with Crippen molar-refractivity contribution in [1.29, 1.82) is 0 Å². The van der Waals surface area contributed by atoms with E-state index in [9.17, 15) is 13.6 Å². The van der Waals surface area contributed by atoms with Gasteiger partial charge in [-0.05, 0) is 19.1 Å². The third-order valence-corrected chi connectivity index (χ3v) is 3.22. The molecular weight excluding hydrogens is 330 g/mol. The number of carbonyl (C=O) groups excluding carboxylic acids is 1. The van der Waals surface area contributed by atoms with Crippen molar-refractivity contribution < 1.29 is 23.0 Å². The summed E-state index contributed by atoms with van der Waals surface area (Å²) in [5.74, 6) is -1.58. The van der Waals surface area contributed by atoms with E-state index in [1.807, 2.05) is 0 Å². The fourth-order valence-electron chi connectivity index (χ4n) is 2.16. The monoisotopic (exact) mass is 350 g/mol. The van der Waals surface area contributed by atoms with Crippen molar-refractivity contribution in [3.8, 4) is 5.75 Å². The molecule has 8 heteroatoms. The minimum absolute atomic E-state index is 0. The largest absolute Gasteiger partial charge is 0.488 e. The summed E-state index contributed by atoms with van der Waals surface area (Å²) >= 11 is 0. The first-order valence-electron chi connectivity index (χ1n) is 7.23. The van der Waals surface area contributed by atoms with E-state index in [1.165, 1.54) is 6.07 Å². The maximum Gasteiger partial charge on any atom is 0.221 e. The number of nitrogens with one attached hydrogen (secondary N) is 2. The predicted octanol–water partition coefficient (Wildman–Crippen LogP) is 1.65. The van der Waals surface area contributed by atoms with Crippen LogP contribution in [-0.2, 0) is 9.53 Å². The van der Waals surface area contributed by atoms with Crippen LogP contribution in [0.5, 0.6) is 5.75 Å². The molecule has 5 nitrogen and oxygen atoms in total. The van der Waals surface area contributed by atoms with Crippen molar-refractivity contribution in [3.05, 3.63) is 29.8 Å². The van der Waals surface area contributed by atoms with E-state index in [0.29, 0.717) is 19.6 Å². The topological polar surface area (TPSA) is 59.6 Å². The van der Waals surface area contributed by atoms with E-state index in [0.717, 1.165) is 18.7 Å². The van der Waals surface area contributed by atoms with Crippen LogP contribution in [0.4, 0.5) is 8.78 Å². The molecule has 23 heavy (non-hydrogen) atoms. The van der Waals surface area contributed by atoms with Gasteiger partial charge in [-0.1, -0.05) is 0 Å². The lowest BCUT2D eigenvalue weighted by molar-refractivity contribution is -0.123. The highest BCUT2D eigenvalue weighted by atomic mass is 35.5. The number of benzene rings is 1. The van der Waals surface area contributed by atoms with Crippen molar-refractivity contribution >= 4 is 18.3 Å². The third-order valence-electron chi connectivity index (χ3n) is 3.22. The average molecular weight is 351 g/mol. The Morgan fingerprint density at radius 3 is 2.96 bits per heavy atom. The molecule has 0 bridgehead atoms. The second kappa shape index (κ2) is 9.64. The van der Waals surface area contributed by atoms with Gasteiger partial charge in [0.15, 0.2) is 11.6 Å².